The molecule has 40 heavy (non-hydrogen) atoms. The molecule has 10 unspecified atom stereocenters. The third-order valence-corrected chi connectivity index (χ3v) is 7.90. The van der Waals surface area contributed by atoms with Gasteiger partial charge in [-0.25, -0.2) is 4.79 Å². The summed E-state index contributed by atoms with van der Waals surface area (Å²) in [5, 5.41) is 34.1. The summed E-state index contributed by atoms with van der Waals surface area (Å²) in [5.41, 5.74) is -0.630. The summed E-state index contributed by atoms with van der Waals surface area (Å²) in [6, 6.07) is 0. The number of allylic oxidation sites excluding steroid dienone is 3. The lowest BCUT2D eigenvalue weighted by Gasteiger charge is -2.32. The third kappa shape index (κ3) is 10.7. The SMILES string of the molecule is CCNC(=O)OC1/C=C/C(C)C(/C(C)=C/C=C/C(C)CC2OC2C(C)C(O)CC)OC(=O)CC(O)CCC1(C)O.[HH]. The quantitative estimate of drug-likeness (QED) is 0.131. The van der Waals surface area contributed by atoms with E-state index in [1.165, 1.54) is 0 Å². The van der Waals surface area contributed by atoms with Gasteiger partial charge in [0, 0.05) is 19.8 Å². The van der Waals surface area contributed by atoms with Crippen molar-refractivity contribution in [3.05, 3.63) is 36.0 Å². The van der Waals surface area contributed by atoms with Gasteiger partial charge in [-0.1, -0.05) is 52.0 Å². The Labute approximate surface area is 241 Å². The minimum Gasteiger partial charge on any atom is -0.457 e. The Morgan fingerprint density at radius 1 is 1.32 bits per heavy atom. The number of aliphatic hydroxyl groups is 3. The maximum atomic E-state index is 12.7. The number of carbonyl (C=O) groups is 2. The number of aliphatic hydroxyl groups excluding tert-OH is 2. The van der Waals surface area contributed by atoms with Crippen molar-refractivity contribution in [2.75, 3.05) is 6.54 Å². The highest BCUT2D eigenvalue weighted by atomic mass is 16.6. The molecule has 230 valence electrons. The molecule has 2 heterocycles. The number of carbonyl (C=O) groups excluding carboxylic acids is 2. The van der Waals surface area contributed by atoms with Crippen LogP contribution in [0.3, 0.4) is 0 Å². The third-order valence-electron chi connectivity index (χ3n) is 7.90. The highest BCUT2D eigenvalue weighted by Crippen LogP contribution is 2.36. The van der Waals surface area contributed by atoms with E-state index in [0.29, 0.717) is 13.0 Å². The smallest absolute Gasteiger partial charge is 0.407 e. The van der Waals surface area contributed by atoms with E-state index in [2.05, 4.69) is 18.3 Å². The van der Waals surface area contributed by atoms with Crippen molar-refractivity contribution in [2.45, 2.75) is 123 Å². The van der Waals surface area contributed by atoms with Crippen LogP contribution in [0.15, 0.2) is 36.0 Å². The first-order valence-electron chi connectivity index (χ1n) is 14.7. The van der Waals surface area contributed by atoms with Gasteiger partial charge in [0.15, 0.2) is 6.10 Å². The first kappa shape index (κ1) is 34.0. The van der Waals surface area contributed by atoms with E-state index in [1.807, 2.05) is 39.8 Å². The van der Waals surface area contributed by atoms with Crippen LogP contribution in [0.4, 0.5) is 4.79 Å². The Morgan fingerprint density at radius 2 is 2.02 bits per heavy atom. The molecule has 0 aliphatic carbocycles. The van der Waals surface area contributed by atoms with Crippen LogP contribution in [0.1, 0.15) is 82.0 Å². The summed E-state index contributed by atoms with van der Waals surface area (Å²) in [4.78, 5) is 24.8. The monoisotopic (exact) mass is 567 g/mol. The molecule has 0 aromatic heterocycles. The molecular formula is C31H53NO8. The Hall–Kier alpha value is -2.20. The molecule has 2 aliphatic rings. The predicted octanol–water partition coefficient (Wildman–Crippen LogP) is 4.45. The molecule has 1 amide bonds. The second-order valence-corrected chi connectivity index (χ2v) is 11.7. The van der Waals surface area contributed by atoms with Gasteiger partial charge in [-0.05, 0) is 64.0 Å². The van der Waals surface area contributed by atoms with Crippen LogP contribution >= 0.6 is 0 Å². The number of cyclic esters (lactones) is 1. The van der Waals surface area contributed by atoms with E-state index in [0.717, 1.165) is 12.0 Å². The molecule has 1 fully saturated rings. The van der Waals surface area contributed by atoms with Crippen LogP contribution in [0.5, 0.6) is 0 Å². The minimum atomic E-state index is -1.44. The number of alkyl carbamates (subject to hydrolysis) is 1. The number of rotatable bonds is 10. The number of hydrogen-bond acceptors (Lipinski definition) is 8. The summed E-state index contributed by atoms with van der Waals surface area (Å²) < 4.78 is 17.1. The van der Waals surface area contributed by atoms with Crippen LogP contribution in [0.25, 0.3) is 0 Å². The molecule has 2 rings (SSSR count). The molecule has 9 heteroatoms. The van der Waals surface area contributed by atoms with E-state index in [1.54, 1.807) is 26.0 Å². The van der Waals surface area contributed by atoms with Crippen molar-refractivity contribution in [1.29, 1.82) is 0 Å². The molecule has 2 aliphatic heterocycles. The average Bonchev–Trinajstić information content (AvgIpc) is 3.65. The van der Waals surface area contributed by atoms with E-state index in [-0.39, 0.29) is 56.8 Å². The fourth-order valence-corrected chi connectivity index (χ4v) is 5.09. The van der Waals surface area contributed by atoms with Crippen molar-refractivity contribution in [3.8, 4) is 0 Å². The molecule has 0 aromatic rings. The van der Waals surface area contributed by atoms with Gasteiger partial charge in [0.1, 0.15) is 11.7 Å². The number of ether oxygens (including phenoxy) is 3. The Kier molecular flexibility index (Phi) is 13.4. The minimum absolute atomic E-state index is 0. The number of nitrogens with one attached hydrogen (secondary N) is 1. The van der Waals surface area contributed by atoms with Crippen molar-refractivity contribution >= 4 is 12.1 Å². The first-order valence-corrected chi connectivity index (χ1v) is 14.7. The van der Waals surface area contributed by atoms with Gasteiger partial charge < -0.3 is 34.8 Å². The second-order valence-electron chi connectivity index (χ2n) is 11.7. The molecule has 9 nitrogen and oxygen atoms in total. The van der Waals surface area contributed by atoms with Crippen LogP contribution in [-0.2, 0) is 19.0 Å². The number of epoxide rings is 1. The largest absolute Gasteiger partial charge is 0.457 e. The zero-order valence-electron chi connectivity index (χ0n) is 25.2. The molecular weight excluding hydrogens is 514 g/mol. The normalized spacial score (nSPS) is 35.0. The van der Waals surface area contributed by atoms with Gasteiger partial charge >= 0.3 is 12.1 Å². The average molecular weight is 568 g/mol. The fourth-order valence-electron chi connectivity index (χ4n) is 5.09. The van der Waals surface area contributed by atoms with Crippen molar-refractivity contribution < 1.29 is 40.5 Å². The number of esters is 1. The number of amides is 1. The number of hydrogen-bond donors (Lipinski definition) is 4. The van der Waals surface area contributed by atoms with Crippen molar-refractivity contribution in [3.63, 3.8) is 0 Å². The van der Waals surface area contributed by atoms with Gasteiger partial charge in [-0.15, -0.1) is 0 Å². The Bertz CT molecular complexity index is 920. The molecule has 4 N–H and O–H groups in total. The van der Waals surface area contributed by atoms with Gasteiger partial charge in [-0.2, -0.15) is 0 Å². The highest BCUT2D eigenvalue weighted by molar-refractivity contribution is 5.70. The van der Waals surface area contributed by atoms with Crippen LogP contribution < -0.4 is 5.32 Å². The zero-order chi connectivity index (χ0) is 30.0. The zero-order valence-corrected chi connectivity index (χ0v) is 25.2. The summed E-state index contributed by atoms with van der Waals surface area (Å²) in [6.07, 6.45) is 7.69. The topological polar surface area (TPSA) is 138 Å². The van der Waals surface area contributed by atoms with Crippen LogP contribution in [0, 0.1) is 17.8 Å². The lowest BCUT2D eigenvalue weighted by molar-refractivity contribution is -0.151. The van der Waals surface area contributed by atoms with Gasteiger partial charge in [0.25, 0.3) is 0 Å². The lowest BCUT2D eigenvalue weighted by Crippen LogP contribution is -2.44. The molecule has 1 saturated heterocycles. The summed E-state index contributed by atoms with van der Waals surface area (Å²) >= 11 is 0. The van der Waals surface area contributed by atoms with E-state index >= 15 is 0 Å². The summed E-state index contributed by atoms with van der Waals surface area (Å²) in [5.74, 6) is -0.443. The fraction of sp³-hybridized carbons (Fsp3) is 0.742. The molecule has 0 saturated carbocycles. The van der Waals surface area contributed by atoms with Crippen LogP contribution in [0.2, 0.25) is 0 Å². The molecule has 10 atom stereocenters. The van der Waals surface area contributed by atoms with Crippen LogP contribution in [-0.4, -0.2) is 76.2 Å². The highest BCUT2D eigenvalue weighted by Gasteiger charge is 2.45. The molecule has 0 bridgehead atoms. The Balaban J connectivity index is 0.00000840. The second kappa shape index (κ2) is 15.7. The Morgan fingerprint density at radius 3 is 2.67 bits per heavy atom. The maximum absolute atomic E-state index is 12.7. The first-order chi connectivity index (χ1) is 18.8. The molecule has 0 aromatic carbocycles. The standard InChI is InChI=1S/C31H51NO8.H2/c1-8-24(34)22(6)29-25(38-29)17-19(3)11-10-12-20(4)28-21(5)13-14-26(39-30(36)32-9-2)31(7,37)16-15-23(33)18-27(35)40-28;/h10-14,19,21-26,28-29,33-34,37H,8-9,15-18H2,1-7H3,(H,32,36);1H/b11-10+,14-13+,20-12+;. The summed E-state index contributed by atoms with van der Waals surface area (Å²) in [7, 11) is 0. The van der Waals surface area contributed by atoms with Gasteiger partial charge in [0.05, 0.1) is 30.8 Å². The van der Waals surface area contributed by atoms with Crippen molar-refractivity contribution in [1.82, 2.24) is 5.32 Å². The van der Waals surface area contributed by atoms with Crippen molar-refractivity contribution in [2.24, 2.45) is 17.8 Å². The molecule has 0 spiro atoms. The van der Waals surface area contributed by atoms with E-state index in [9.17, 15) is 24.9 Å². The van der Waals surface area contributed by atoms with E-state index in [4.69, 9.17) is 14.2 Å². The van der Waals surface area contributed by atoms with Gasteiger partial charge in [-0.3, -0.25) is 4.79 Å². The van der Waals surface area contributed by atoms with E-state index < -0.39 is 36.0 Å². The van der Waals surface area contributed by atoms with Gasteiger partial charge in [0.2, 0.25) is 0 Å². The predicted molar refractivity (Wildman–Crippen MR) is 156 cm³/mol. The summed E-state index contributed by atoms with van der Waals surface area (Å²) in [6.45, 7) is 13.6. The molecule has 0 radical (unpaired) electrons. The lowest BCUT2D eigenvalue weighted by atomic mass is 9.88. The maximum Gasteiger partial charge on any atom is 0.407 e.